The first-order chi connectivity index (χ1) is 12.9. The molecule has 142 valence electrons. The number of pyridine rings is 1. The van der Waals surface area contributed by atoms with Crippen LogP contribution in [0.5, 0.6) is 11.5 Å². The third kappa shape index (κ3) is 4.68. The second-order valence-electron chi connectivity index (χ2n) is 5.44. The molecule has 27 heavy (non-hydrogen) atoms. The maximum absolute atomic E-state index is 12.5. The fraction of sp³-hybridized carbons (Fsp3) is 0.316. The van der Waals surface area contributed by atoms with Crippen LogP contribution in [0.4, 0.5) is 0 Å². The van der Waals surface area contributed by atoms with Crippen molar-refractivity contribution in [3.8, 4) is 17.6 Å². The Morgan fingerprint density at radius 2 is 1.81 bits per heavy atom. The molecule has 0 spiro atoms. The molecule has 7 nitrogen and oxygen atoms in total. The topological polar surface area (TPSA) is 90.5 Å². The predicted molar refractivity (Wildman–Crippen MR) is 102 cm³/mol. The van der Waals surface area contributed by atoms with Crippen LogP contribution in [0, 0.1) is 11.3 Å². The smallest absolute Gasteiger partial charge is 0.339 e. The van der Waals surface area contributed by atoms with Crippen LogP contribution in [-0.2, 0) is 11.3 Å². The van der Waals surface area contributed by atoms with Gasteiger partial charge < -0.3 is 18.8 Å². The number of ether oxygens (including phenoxy) is 3. The van der Waals surface area contributed by atoms with E-state index in [1.165, 1.54) is 23.9 Å². The number of halogens is 1. The number of aromatic nitrogens is 1. The van der Waals surface area contributed by atoms with Gasteiger partial charge in [-0.1, -0.05) is 15.9 Å². The van der Waals surface area contributed by atoms with Gasteiger partial charge in [0.25, 0.3) is 5.56 Å². The van der Waals surface area contributed by atoms with E-state index in [9.17, 15) is 14.9 Å². The van der Waals surface area contributed by atoms with E-state index < -0.39 is 11.5 Å². The summed E-state index contributed by atoms with van der Waals surface area (Å²) in [5.41, 5.74) is 0.226. The molecule has 0 amide bonds. The highest BCUT2D eigenvalue weighted by atomic mass is 79.9. The highest BCUT2D eigenvalue weighted by molar-refractivity contribution is 9.10. The van der Waals surface area contributed by atoms with Crippen molar-refractivity contribution in [3.63, 3.8) is 0 Å². The second kappa shape index (κ2) is 9.24. The molecule has 0 atom stereocenters. The lowest BCUT2D eigenvalue weighted by Crippen LogP contribution is -2.24. The molecule has 1 aromatic heterocycles. The molecular weight excluding hydrogens is 416 g/mol. The Kier molecular flexibility index (Phi) is 7.02. The van der Waals surface area contributed by atoms with Gasteiger partial charge in [-0.05, 0) is 37.6 Å². The standard InChI is InChI=1S/C19H19BrN2O5/c1-4-26-16-7-13(15(20)8-17(16)27-5-2)10-22-11-14(19(24)25-3)6-12(9-21)18(22)23/h6-8,11H,4-5,10H2,1-3H3. The summed E-state index contributed by atoms with van der Waals surface area (Å²) in [4.78, 5) is 24.3. The van der Waals surface area contributed by atoms with Gasteiger partial charge in [-0.2, -0.15) is 5.26 Å². The monoisotopic (exact) mass is 434 g/mol. The van der Waals surface area contributed by atoms with Crippen molar-refractivity contribution in [1.82, 2.24) is 4.57 Å². The maximum Gasteiger partial charge on any atom is 0.339 e. The number of benzene rings is 1. The summed E-state index contributed by atoms with van der Waals surface area (Å²) >= 11 is 3.47. The fourth-order valence-corrected chi connectivity index (χ4v) is 2.93. The second-order valence-corrected chi connectivity index (χ2v) is 6.29. The fourth-order valence-electron chi connectivity index (χ4n) is 2.48. The van der Waals surface area contributed by atoms with Crippen LogP contribution in [0.2, 0.25) is 0 Å². The van der Waals surface area contributed by atoms with Crippen LogP contribution >= 0.6 is 15.9 Å². The van der Waals surface area contributed by atoms with Crippen molar-refractivity contribution in [3.05, 3.63) is 55.9 Å². The molecule has 0 saturated heterocycles. The van der Waals surface area contributed by atoms with Crippen LogP contribution in [0.25, 0.3) is 0 Å². The number of hydrogen-bond acceptors (Lipinski definition) is 6. The molecule has 2 rings (SSSR count). The number of hydrogen-bond donors (Lipinski definition) is 0. The molecule has 0 radical (unpaired) electrons. The molecule has 1 heterocycles. The van der Waals surface area contributed by atoms with Gasteiger partial charge in [0.2, 0.25) is 0 Å². The first-order valence-corrected chi connectivity index (χ1v) is 9.05. The van der Waals surface area contributed by atoms with Gasteiger partial charge in [0, 0.05) is 10.7 Å². The van der Waals surface area contributed by atoms with Crippen LogP contribution in [-0.4, -0.2) is 30.9 Å². The normalized spacial score (nSPS) is 10.2. The lowest BCUT2D eigenvalue weighted by Gasteiger charge is -2.15. The number of carbonyl (C=O) groups excluding carboxylic acids is 1. The zero-order valence-corrected chi connectivity index (χ0v) is 16.8. The average Bonchev–Trinajstić information content (AvgIpc) is 2.66. The third-order valence-electron chi connectivity index (χ3n) is 3.68. The van der Waals surface area contributed by atoms with E-state index >= 15 is 0 Å². The summed E-state index contributed by atoms with van der Waals surface area (Å²) in [5.74, 6) is 0.514. The first-order valence-electron chi connectivity index (χ1n) is 8.26. The van der Waals surface area contributed by atoms with Gasteiger partial charge in [-0.25, -0.2) is 4.79 Å². The molecule has 2 aromatic rings. The molecule has 8 heteroatoms. The van der Waals surface area contributed by atoms with Gasteiger partial charge in [-0.3, -0.25) is 4.79 Å². The molecule has 0 bridgehead atoms. The van der Waals surface area contributed by atoms with Gasteiger partial charge >= 0.3 is 5.97 Å². The summed E-state index contributed by atoms with van der Waals surface area (Å²) in [6.45, 7) is 4.81. The molecular formula is C19H19BrN2O5. The van der Waals surface area contributed by atoms with Gasteiger partial charge in [0.1, 0.15) is 11.6 Å². The van der Waals surface area contributed by atoms with E-state index in [1.807, 2.05) is 19.9 Å². The minimum absolute atomic E-state index is 0.126. The largest absolute Gasteiger partial charge is 0.490 e. The Labute approximate surface area is 165 Å². The van der Waals surface area contributed by atoms with Crippen molar-refractivity contribution in [2.45, 2.75) is 20.4 Å². The summed E-state index contributed by atoms with van der Waals surface area (Å²) < 4.78 is 17.9. The van der Waals surface area contributed by atoms with Gasteiger partial charge in [-0.15, -0.1) is 0 Å². The summed E-state index contributed by atoms with van der Waals surface area (Å²) in [6.07, 6.45) is 1.37. The molecule has 1 aromatic carbocycles. The van der Waals surface area contributed by atoms with Crippen LogP contribution in [0.15, 0.2) is 33.7 Å². The minimum Gasteiger partial charge on any atom is -0.490 e. The molecule has 0 aliphatic rings. The Balaban J connectivity index is 2.53. The zero-order chi connectivity index (χ0) is 20.0. The molecule has 0 N–H and O–H groups in total. The lowest BCUT2D eigenvalue weighted by molar-refractivity contribution is 0.0599. The van der Waals surface area contributed by atoms with E-state index in [1.54, 1.807) is 12.1 Å². The predicted octanol–water partition coefficient (Wildman–Crippen LogP) is 3.11. The molecule has 0 fully saturated rings. The van der Waals surface area contributed by atoms with Crippen molar-refractivity contribution < 1.29 is 19.0 Å². The highest BCUT2D eigenvalue weighted by Crippen LogP contribution is 2.34. The number of rotatable bonds is 7. The third-order valence-corrected chi connectivity index (χ3v) is 4.42. The number of methoxy groups -OCH3 is 1. The Morgan fingerprint density at radius 3 is 2.37 bits per heavy atom. The average molecular weight is 435 g/mol. The Hall–Kier alpha value is -2.79. The van der Waals surface area contributed by atoms with Crippen LogP contribution < -0.4 is 15.0 Å². The summed E-state index contributed by atoms with van der Waals surface area (Å²) in [7, 11) is 1.24. The van der Waals surface area contributed by atoms with E-state index in [0.717, 1.165) is 5.56 Å². The van der Waals surface area contributed by atoms with Crippen molar-refractivity contribution in [2.75, 3.05) is 20.3 Å². The Bertz CT molecular complexity index is 946. The zero-order valence-electron chi connectivity index (χ0n) is 15.2. The van der Waals surface area contributed by atoms with Crippen LogP contribution in [0.1, 0.15) is 35.3 Å². The van der Waals surface area contributed by atoms with E-state index in [-0.39, 0.29) is 17.7 Å². The SMILES string of the molecule is CCOc1cc(Br)c(Cn2cc(C(=O)OC)cc(C#N)c2=O)cc1OCC. The first kappa shape index (κ1) is 20.5. The summed E-state index contributed by atoms with van der Waals surface area (Å²) in [5, 5.41) is 9.19. The van der Waals surface area contributed by atoms with Crippen molar-refractivity contribution >= 4 is 21.9 Å². The van der Waals surface area contributed by atoms with E-state index in [0.29, 0.717) is 29.2 Å². The molecule has 0 aliphatic carbocycles. The van der Waals surface area contributed by atoms with Gasteiger partial charge in [0.05, 0.1) is 32.4 Å². The van der Waals surface area contributed by atoms with Crippen molar-refractivity contribution in [1.29, 1.82) is 5.26 Å². The number of esters is 1. The number of nitrogens with zero attached hydrogens (tertiary/aromatic N) is 2. The van der Waals surface area contributed by atoms with Crippen molar-refractivity contribution in [2.24, 2.45) is 0 Å². The minimum atomic E-state index is -0.624. The molecule has 0 aliphatic heterocycles. The van der Waals surface area contributed by atoms with Crippen LogP contribution in [0.3, 0.4) is 0 Å². The van der Waals surface area contributed by atoms with E-state index in [2.05, 4.69) is 20.7 Å². The van der Waals surface area contributed by atoms with E-state index in [4.69, 9.17) is 9.47 Å². The number of carbonyl (C=O) groups is 1. The quantitative estimate of drug-likeness (QED) is 0.621. The van der Waals surface area contributed by atoms with Gasteiger partial charge in [0.15, 0.2) is 11.5 Å². The highest BCUT2D eigenvalue weighted by Gasteiger charge is 2.15. The molecule has 0 saturated carbocycles. The summed E-state index contributed by atoms with van der Waals surface area (Å²) in [6, 6.07) is 6.57. The lowest BCUT2D eigenvalue weighted by atomic mass is 10.1. The Morgan fingerprint density at radius 1 is 1.19 bits per heavy atom. The maximum atomic E-state index is 12.5. The molecule has 0 unspecified atom stereocenters. The number of nitriles is 1.